The van der Waals surface area contributed by atoms with Crippen LogP contribution in [0.2, 0.25) is 5.02 Å². The molecular formula is C19H19ClF2N8. The lowest BCUT2D eigenvalue weighted by molar-refractivity contribution is 0.353. The van der Waals surface area contributed by atoms with E-state index in [1.165, 1.54) is 10.6 Å². The maximum Gasteiger partial charge on any atom is 0.191 e. The van der Waals surface area contributed by atoms with Crippen molar-refractivity contribution in [2.75, 3.05) is 36.5 Å². The van der Waals surface area contributed by atoms with E-state index in [2.05, 4.69) is 35.8 Å². The highest BCUT2D eigenvalue weighted by atomic mass is 35.5. The highest BCUT2D eigenvalue weighted by Crippen LogP contribution is 2.35. The number of rotatable bonds is 4. The molecule has 4 aromatic rings. The van der Waals surface area contributed by atoms with Crippen molar-refractivity contribution in [3.63, 3.8) is 0 Å². The maximum absolute atomic E-state index is 14.3. The lowest BCUT2D eigenvalue weighted by atomic mass is 10.1. The minimum Gasteiger partial charge on any atom is -0.368 e. The normalized spacial score (nSPS) is 17.2. The molecule has 3 N–H and O–H groups in total. The van der Waals surface area contributed by atoms with Gasteiger partial charge in [0.2, 0.25) is 0 Å². The summed E-state index contributed by atoms with van der Waals surface area (Å²) in [6, 6.07) is 4.92. The van der Waals surface area contributed by atoms with Crippen molar-refractivity contribution in [1.82, 2.24) is 30.1 Å². The van der Waals surface area contributed by atoms with Crippen molar-refractivity contribution in [1.29, 1.82) is 0 Å². The first kappa shape index (κ1) is 19.0. The number of pyridine rings is 1. The van der Waals surface area contributed by atoms with Crippen LogP contribution in [0, 0.1) is 12.7 Å². The van der Waals surface area contributed by atoms with Crippen LogP contribution in [0.1, 0.15) is 5.82 Å². The summed E-state index contributed by atoms with van der Waals surface area (Å²) < 4.78 is 28.8. The molecule has 1 aliphatic rings. The van der Waals surface area contributed by atoms with Gasteiger partial charge in [0.15, 0.2) is 17.3 Å². The summed E-state index contributed by atoms with van der Waals surface area (Å²) in [5, 5.41) is 18.9. The van der Waals surface area contributed by atoms with E-state index in [4.69, 9.17) is 11.6 Å². The third kappa shape index (κ3) is 3.31. The van der Waals surface area contributed by atoms with Gasteiger partial charge in [-0.1, -0.05) is 11.6 Å². The summed E-state index contributed by atoms with van der Waals surface area (Å²) >= 11 is 6.58. The van der Waals surface area contributed by atoms with Crippen LogP contribution in [0.4, 0.5) is 26.0 Å². The average molecular weight is 433 g/mol. The molecule has 8 nitrogen and oxygen atoms in total. The van der Waals surface area contributed by atoms with E-state index >= 15 is 0 Å². The van der Waals surface area contributed by atoms with Crippen molar-refractivity contribution in [3.8, 4) is 0 Å². The van der Waals surface area contributed by atoms with Gasteiger partial charge in [0.25, 0.3) is 0 Å². The maximum atomic E-state index is 14.3. The second-order valence-electron chi connectivity index (χ2n) is 7.30. The number of anilines is 3. The Morgan fingerprint density at radius 3 is 3.03 bits per heavy atom. The van der Waals surface area contributed by atoms with Crippen LogP contribution < -0.4 is 15.5 Å². The van der Waals surface area contributed by atoms with E-state index in [1.807, 2.05) is 12.1 Å². The van der Waals surface area contributed by atoms with Crippen molar-refractivity contribution < 1.29 is 8.78 Å². The highest BCUT2D eigenvalue weighted by Gasteiger charge is 2.21. The van der Waals surface area contributed by atoms with Gasteiger partial charge < -0.3 is 15.5 Å². The number of H-pyrrole nitrogens is 1. The van der Waals surface area contributed by atoms with Gasteiger partial charge in [-0.15, -0.1) is 0 Å². The molecule has 0 aliphatic carbocycles. The summed E-state index contributed by atoms with van der Waals surface area (Å²) in [6.07, 6.45) is 1.64. The van der Waals surface area contributed by atoms with Gasteiger partial charge in [0, 0.05) is 31.4 Å². The monoisotopic (exact) mass is 432 g/mol. The van der Waals surface area contributed by atoms with Crippen molar-refractivity contribution in [2.45, 2.75) is 13.0 Å². The van der Waals surface area contributed by atoms with Gasteiger partial charge >= 0.3 is 0 Å². The standard InChI is InChI=1S/C19H19ClF2N8/c1-10-24-19-15(22)4-11(9-30(19)28-10)25-18-17-14(20)5-13(6-16(17)26-27-18)29-3-2-23-12(7-21)8-29/h4-6,9,12,23H,2-3,7-8H2,1H3,(H2,25,26,27)/t12-/m1/s1. The predicted octanol–water partition coefficient (Wildman–Crippen LogP) is 3.20. The van der Waals surface area contributed by atoms with Gasteiger partial charge in [-0.05, 0) is 19.1 Å². The fourth-order valence-electron chi connectivity index (χ4n) is 3.79. The van der Waals surface area contributed by atoms with Crippen LogP contribution in [-0.2, 0) is 0 Å². The molecule has 30 heavy (non-hydrogen) atoms. The SMILES string of the molecule is Cc1nc2c(F)cc(Nc3n[nH]c4cc(N5CCN[C@H](CF)C5)cc(Cl)c34)cn2n1. The zero-order valence-corrected chi connectivity index (χ0v) is 16.8. The van der Waals surface area contributed by atoms with Crippen LogP contribution in [0.25, 0.3) is 16.6 Å². The Hall–Kier alpha value is -2.98. The number of benzene rings is 1. The fourth-order valence-corrected chi connectivity index (χ4v) is 4.09. The molecule has 1 fully saturated rings. The number of aromatic nitrogens is 5. The van der Waals surface area contributed by atoms with Crippen LogP contribution in [0.5, 0.6) is 0 Å². The lowest BCUT2D eigenvalue weighted by Crippen LogP contribution is -2.51. The Morgan fingerprint density at radius 1 is 1.33 bits per heavy atom. The van der Waals surface area contributed by atoms with Crippen LogP contribution in [0.15, 0.2) is 24.4 Å². The molecule has 0 radical (unpaired) electrons. The molecule has 5 rings (SSSR count). The molecule has 1 atom stereocenters. The minimum absolute atomic E-state index is 0.162. The number of hydrogen-bond donors (Lipinski definition) is 3. The molecule has 3 aromatic heterocycles. The first-order chi connectivity index (χ1) is 14.5. The molecule has 156 valence electrons. The summed E-state index contributed by atoms with van der Waals surface area (Å²) in [4.78, 5) is 6.15. The largest absolute Gasteiger partial charge is 0.368 e. The summed E-state index contributed by atoms with van der Waals surface area (Å²) in [5.41, 5.74) is 2.25. The van der Waals surface area contributed by atoms with Crippen LogP contribution >= 0.6 is 11.6 Å². The Bertz CT molecular complexity index is 1240. The molecule has 11 heteroatoms. The summed E-state index contributed by atoms with van der Waals surface area (Å²) in [5.74, 6) is 0.462. The smallest absolute Gasteiger partial charge is 0.191 e. The molecule has 0 unspecified atom stereocenters. The number of piperazine rings is 1. The molecule has 0 amide bonds. The third-order valence-electron chi connectivity index (χ3n) is 5.16. The number of halogens is 3. The van der Waals surface area contributed by atoms with Gasteiger partial charge in [-0.25, -0.2) is 18.3 Å². The number of hydrogen-bond acceptors (Lipinski definition) is 6. The summed E-state index contributed by atoms with van der Waals surface area (Å²) in [7, 11) is 0. The Labute approximate surface area is 175 Å². The Morgan fingerprint density at radius 2 is 2.20 bits per heavy atom. The van der Waals surface area contributed by atoms with Crippen LogP contribution in [0.3, 0.4) is 0 Å². The minimum atomic E-state index is -0.491. The van der Waals surface area contributed by atoms with Gasteiger partial charge in [-0.2, -0.15) is 10.2 Å². The van der Waals surface area contributed by atoms with E-state index in [0.29, 0.717) is 40.8 Å². The molecule has 1 saturated heterocycles. The van der Waals surface area contributed by atoms with E-state index < -0.39 is 12.5 Å². The average Bonchev–Trinajstić information content (AvgIpc) is 3.31. The second-order valence-corrected chi connectivity index (χ2v) is 7.71. The quantitative estimate of drug-likeness (QED) is 0.459. The number of aromatic amines is 1. The van der Waals surface area contributed by atoms with Crippen molar-refractivity contribution in [3.05, 3.63) is 41.1 Å². The van der Waals surface area contributed by atoms with Crippen LogP contribution in [-0.4, -0.2) is 57.1 Å². The lowest BCUT2D eigenvalue weighted by Gasteiger charge is -2.34. The van der Waals surface area contributed by atoms with E-state index in [-0.39, 0.29) is 11.7 Å². The molecule has 0 spiro atoms. The molecular weight excluding hydrogens is 414 g/mol. The fraction of sp³-hybridized carbons (Fsp3) is 0.316. The third-order valence-corrected chi connectivity index (χ3v) is 5.46. The first-order valence-electron chi connectivity index (χ1n) is 9.53. The number of aryl methyl sites for hydroxylation is 1. The van der Waals surface area contributed by atoms with E-state index in [1.54, 1.807) is 13.1 Å². The summed E-state index contributed by atoms with van der Waals surface area (Å²) in [6.45, 7) is 3.31. The Balaban J connectivity index is 1.48. The topological polar surface area (TPSA) is 86.2 Å². The molecule has 1 aliphatic heterocycles. The number of alkyl halides is 1. The number of nitrogens with zero attached hydrogens (tertiary/aromatic N) is 5. The Kier molecular flexibility index (Phi) is 4.67. The van der Waals surface area contributed by atoms with Gasteiger partial charge in [-0.3, -0.25) is 5.10 Å². The molecule has 4 heterocycles. The van der Waals surface area contributed by atoms with Crippen molar-refractivity contribution >= 4 is 45.3 Å². The first-order valence-corrected chi connectivity index (χ1v) is 9.91. The highest BCUT2D eigenvalue weighted by molar-refractivity contribution is 6.36. The zero-order chi connectivity index (χ0) is 20.8. The van der Waals surface area contributed by atoms with E-state index in [9.17, 15) is 8.78 Å². The molecule has 0 saturated carbocycles. The van der Waals surface area contributed by atoms with Gasteiger partial charge in [0.1, 0.15) is 12.5 Å². The molecule has 1 aromatic carbocycles. The number of nitrogens with one attached hydrogen (secondary N) is 3. The van der Waals surface area contributed by atoms with Crippen molar-refractivity contribution in [2.24, 2.45) is 0 Å². The zero-order valence-electron chi connectivity index (χ0n) is 16.1. The van der Waals surface area contributed by atoms with Gasteiger partial charge in [0.05, 0.1) is 33.9 Å². The molecule has 0 bridgehead atoms. The number of fused-ring (bicyclic) bond motifs is 2. The van der Waals surface area contributed by atoms with E-state index in [0.717, 1.165) is 17.7 Å². The second kappa shape index (κ2) is 7.37. The predicted molar refractivity (Wildman–Crippen MR) is 112 cm³/mol.